The van der Waals surface area contributed by atoms with Crippen molar-refractivity contribution in [3.05, 3.63) is 52.2 Å². The minimum Gasteiger partial charge on any atom is -0.325 e. The first kappa shape index (κ1) is 13.0. The van der Waals surface area contributed by atoms with Gasteiger partial charge in [-0.1, -0.05) is 0 Å². The van der Waals surface area contributed by atoms with Gasteiger partial charge in [0.1, 0.15) is 6.33 Å². The lowest BCUT2D eigenvalue weighted by Gasteiger charge is -1.93. The number of hydrogen-bond acceptors (Lipinski definition) is 5. The highest BCUT2D eigenvalue weighted by Gasteiger charge is 1.88. The van der Waals surface area contributed by atoms with E-state index in [0.29, 0.717) is 6.54 Å². The highest BCUT2D eigenvalue weighted by atomic mass is 16.1. The number of hydrogen-bond donors (Lipinski definition) is 2. The Kier molecular flexibility index (Phi) is 4.96. The van der Waals surface area contributed by atoms with Gasteiger partial charge in [0.05, 0.1) is 12.0 Å². The number of aromatic nitrogens is 4. The van der Waals surface area contributed by atoms with Gasteiger partial charge in [-0.15, -0.1) is 0 Å². The van der Waals surface area contributed by atoms with Gasteiger partial charge in [-0.05, 0) is 19.9 Å². The summed E-state index contributed by atoms with van der Waals surface area (Å²) in [5.74, 6) is 0. The Morgan fingerprint density at radius 2 is 1.88 bits per heavy atom. The van der Waals surface area contributed by atoms with E-state index in [4.69, 9.17) is 5.73 Å². The van der Waals surface area contributed by atoms with Crippen LogP contribution in [0.15, 0.2) is 29.6 Å². The summed E-state index contributed by atoms with van der Waals surface area (Å²) >= 11 is 0. The van der Waals surface area contributed by atoms with Crippen LogP contribution in [0.1, 0.15) is 17.1 Å². The van der Waals surface area contributed by atoms with E-state index in [1.807, 2.05) is 13.0 Å². The molecule has 0 saturated heterocycles. The van der Waals surface area contributed by atoms with E-state index in [9.17, 15) is 4.79 Å². The minimum absolute atomic E-state index is 0.0995. The molecule has 17 heavy (non-hydrogen) atoms. The summed E-state index contributed by atoms with van der Waals surface area (Å²) in [4.78, 5) is 24.4. The monoisotopic (exact) mass is 233 g/mol. The van der Waals surface area contributed by atoms with Crippen LogP contribution in [0.5, 0.6) is 0 Å². The third-order valence-electron chi connectivity index (χ3n) is 1.88. The van der Waals surface area contributed by atoms with Gasteiger partial charge >= 0.3 is 0 Å². The van der Waals surface area contributed by atoms with E-state index in [-0.39, 0.29) is 5.56 Å². The molecule has 0 spiro atoms. The lowest BCUT2D eigenvalue weighted by Crippen LogP contribution is -2.03. The van der Waals surface area contributed by atoms with E-state index >= 15 is 0 Å². The van der Waals surface area contributed by atoms with E-state index in [1.165, 1.54) is 18.7 Å². The third kappa shape index (κ3) is 4.98. The first-order valence-corrected chi connectivity index (χ1v) is 5.10. The van der Waals surface area contributed by atoms with Crippen LogP contribution in [-0.2, 0) is 6.54 Å². The number of nitrogens with zero attached hydrogens (tertiary/aromatic N) is 3. The quantitative estimate of drug-likeness (QED) is 0.739. The molecule has 90 valence electrons. The van der Waals surface area contributed by atoms with Crippen molar-refractivity contribution in [2.24, 2.45) is 5.73 Å². The topological polar surface area (TPSA) is 97.5 Å². The molecule has 0 saturated carbocycles. The SMILES string of the molecule is Cc1cc(=O)[nH]cn1.Cc1cc(CN)ncn1. The molecular formula is C11H15N5O. The number of aryl methyl sites for hydroxylation is 2. The number of rotatable bonds is 1. The minimum atomic E-state index is -0.0995. The number of aromatic amines is 1. The van der Waals surface area contributed by atoms with Crippen molar-refractivity contribution in [1.82, 2.24) is 19.9 Å². The average molecular weight is 233 g/mol. The molecule has 0 unspecified atom stereocenters. The van der Waals surface area contributed by atoms with Gasteiger partial charge in [-0.3, -0.25) is 4.79 Å². The summed E-state index contributed by atoms with van der Waals surface area (Å²) in [5, 5.41) is 0. The summed E-state index contributed by atoms with van der Waals surface area (Å²) in [7, 11) is 0. The van der Waals surface area contributed by atoms with Crippen LogP contribution >= 0.6 is 0 Å². The second-order valence-electron chi connectivity index (χ2n) is 3.41. The summed E-state index contributed by atoms with van der Waals surface area (Å²) in [5.41, 5.74) is 7.83. The standard InChI is InChI=1S/C6H9N3.C5H6N2O/c1-5-2-6(3-7)9-4-8-5;1-4-2-5(8)7-3-6-4/h2,4H,3,7H2,1H3;2-3H,1H3,(H,6,7,8). The Morgan fingerprint density at radius 1 is 1.18 bits per heavy atom. The normalized spacial score (nSPS) is 9.35. The Hall–Kier alpha value is -2.08. The van der Waals surface area contributed by atoms with Crippen molar-refractivity contribution in [3.63, 3.8) is 0 Å². The summed E-state index contributed by atoms with van der Waals surface area (Å²) in [6, 6.07) is 3.32. The third-order valence-corrected chi connectivity index (χ3v) is 1.88. The van der Waals surface area contributed by atoms with Crippen LogP contribution in [0.2, 0.25) is 0 Å². The van der Waals surface area contributed by atoms with E-state index in [2.05, 4.69) is 19.9 Å². The molecule has 6 nitrogen and oxygen atoms in total. The number of nitrogens with two attached hydrogens (primary N) is 1. The van der Waals surface area contributed by atoms with Gasteiger partial charge in [0, 0.05) is 24.0 Å². The zero-order valence-electron chi connectivity index (χ0n) is 9.84. The molecule has 0 amide bonds. The summed E-state index contributed by atoms with van der Waals surface area (Å²) < 4.78 is 0. The van der Waals surface area contributed by atoms with Crippen LogP contribution in [-0.4, -0.2) is 19.9 Å². The molecule has 0 atom stereocenters. The van der Waals surface area contributed by atoms with Gasteiger partial charge in [-0.2, -0.15) is 0 Å². The Morgan fingerprint density at radius 3 is 2.29 bits per heavy atom. The summed E-state index contributed by atoms with van der Waals surface area (Å²) in [6.07, 6.45) is 2.91. The van der Waals surface area contributed by atoms with E-state index in [1.54, 1.807) is 6.92 Å². The van der Waals surface area contributed by atoms with Crippen molar-refractivity contribution in [3.8, 4) is 0 Å². The van der Waals surface area contributed by atoms with Gasteiger partial charge in [0.25, 0.3) is 5.56 Å². The van der Waals surface area contributed by atoms with Crippen LogP contribution in [0, 0.1) is 13.8 Å². The second kappa shape index (κ2) is 6.49. The maximum absolute atomic E-state index is 10.4. The molecule has 2 rings (SSSR count). The second-order valence-corrected chi connectivity index (χ2v) is 3.41. The molecule has 0 aliphatic heterocycles. The smallest absolute Gasteiger partial charge is 0.250 e. The van der Waals surface area contributed by atoms with Crippen molar-refractivity contribution in [2.75, 3.05) is 0 Å². The predicted octanol–water partition coefficient (Wildman–Crippen LogP) is 0.322. The highest BCUT2D eigenvalue weighted by Crippen LogP contribution is 1.93. The molecule has 0 bridgehead atoms. The van der Waals surface area contributed by atoms with Crippen LogP contribution in [0.4, 0.5) is 0 Å². The fourth-order valence-corrected chi connectivity index (χ4v) is 1.09. The molecule has 0 radical (unpaired) electrons. The molecule has 2 aromatic heterocycles. The molecule has 6 heteroatoms. The molecule has 3 N–H and O–H groups in total. The van der Waals surface area contributed by atoms with Gasteiger partial charge in [0.2, 0.25) is 0 Å². The fourth-order valence-electron chi connectivity index (χ4n) is 1.09. The first-order valence-electron chi connectivity index (χ1n) is 5.10. The van der Waals surface area contributed by atoms with Gasteiger partial charge < -0.3 is 10.7 Å². The average Bonchev–Trinajstić information content (AvgIpc) is 2.29. The molecule has 0 fully saturated rings. The molecule has 0 aliphatic carbocycles. The van der Waals surface area contributed by atoms with Gasteiger partial charge in [-0.25, -0.2) is 15.0 Å². The number of H-pyrrole nitrogens is 1. The first-order chi connectivity index (χ1) is 8.11. The zero-order valence-corrected chi connectivity index (χ0v) is 9.84. The maximum atomic E-state index is 10.4. The van der Waals surface area contributed by atoms with Crippen molar-refractivity contribution in [1.29, 1.82) is 0 Å². The highest BCUT2D eigenvalue weighted by molar-refractivity contribution is 5.05. The lowest BCUT2D eigenvalue weighted by molar-refractivity contribution is 0.947. The van der Waals surface area contributed by atoms with Crippen molar-refractivity contribution < 1.29 is 0 Å². The summed E-state index contributed by atoms with van der Waals surface area (Å²) in [6.45, 7) is 4.18. The Bertz CT molecular complexity index is 523. The Labute approximate surface area is 99.0 Å². The zero-order chi connectivity index (χ0) is 12.7. The Balaban J connectivity index is 0.000000171. The van der Waals surface area contributed by atoms with Crippen LogP contribution in [0.3, 0.4) is 0 Å². The van der Waals surface area contributed by atoms with Crippen molar-refractivity contribution in [2.45, 2.75) is 20.4 Å². The fraction of sp³-hybridized carbons (Fsp3) is 0.273. The van der Waals surface area contributed by atoms with Crippen LogP contribution in [0.25, 0.3) is 0 Å². The molecule has 0 aromatic carbocycles. The molecule has 2 aromatic rings. The number of nitrogens with one attached hydrogen (secondary N) is 1. The van der Waals surface area contributed by atoms with E-state index in [0.717, 1.165) is 17.1 Å². The van der Waals surface area contributed by atoms with Gasteiger partial charge in [0.15, 0.2) is 0 Å². The lowest BCUT2D eigenvalue weighted by atomic mass is 10.3. The molecular weight excluding hydrogens is 218 g/mol. The van der Waals surface area contributed by atoms with Crippen molar-refractivity contribution >= 4 is 0 Å². The molecule has 2 heterocycles. The largest absolute Gasteiger partial charge is 0.325 e. The predicted molar refractivity (Wildman–Crippen MR) is 64.3 cm³/mol. The molecule has 0 aliphatic rings. The maximum Gasteiger partial charge on any atom is 0.250 e. The van der Waals surface area contributed by atoms with Crippen LogP contribution < -0.4 is 11.3 Å². The van der Waals surface area contributed by atoms with E-state index < -0.39 is 0 Å².